The molecule has 0 aliphatic carbocycles. The van der Waals surface area contributed by atoms with Gasteiger partial charge in [-0.2, -0.15) is 0 Å². The van der Waals surface area contributed by atoms with Crippen molar-refractivity contribution in [2.75, 3.05) is 16.8 Å². The Labute approximate surface area is 221 Å². The third-order valence-electron chi connectivity index (χ3n) is 7.00. The maximum Gasteiger partial charge on any atom is 0.236 e. The van der Waals surface area contributed by atoms with Gasteiger partial charge in [-0.3, -0.25) is 9.69 Å². The van der Waals surface area contributed by atoms with Crippen molar-refractivity contribution in [1.82, 2.24) is 5.32 Å². The van der Waals surface area contributed by atoms with Gasteiger partial charge in [-0.25, -0.2) is 0 Å². The number of fused-ring (bicyclic) bond motifs is 4. The van der Waals surface area contributed by atoms with Gasteiger partial charge in [0.1, 0.15) is 5.92 Å². The van der Waals surface area contributed by atoms with Crippen LogP contribution in [0.4, 0.5) is 11.4 Å². The van der Waals surface area contributed by atoms with E-state index in [0.29, 0.717) is 33.9 Å². The summed E-state index contributed by atoms with van der Waals surface area (Å²) >= 11 is 11.9. The Kier molecular flexibility index (Phi) is 6.30. The Balaban J connectivity index is 1.66. The number of benzene rings is 3. The van der Waals surface area contributed by atoms with Crippen molar-refractivity contribution in [2.24, 2.45) is 5.92 Å². The molecule has 3 unspecified atom stereocenters. The lowest BCUT2D eigenvalue weighted by Gasteiger charge is -2.56. The molecule has 0 saturated carbocycles. The molecule has 0 spiro atoms. The first-order chi connectivity index (χ1) is 17.2. The first-order valence-corrected chi connectivity index (χ1v) is 12.7. The molecule has 8 heteroatoms. The molecule has 1 fully saturated rings. The summed E-state index contributed by atoms with van der Waals surface area (Å²) in [5.41, 5.74) is 3.41. The van der Waals surface area contributed by atoms with Crippen LogP contribution in [0.1, 0.15) is 36.6 Å². The van der Waals surface area contributed by atoms with Crippen molar-refractivity contribution in [2.45, 2.75) is 39.5 Å². The molecule has 0 aromatic heterocycles. The van der Waals surface area contributed by atoms with Crippen LogP contribution in [-0.2, 0) is 4.79 Å². The number of hydrogen-bond acceptors (Lipinski definition) is 4. The number of aryl methyl sites for hydroxylation is 1. The molecule has 1 amide bonds. The normalized spacial score (nSPS) is 22.2. The first kappa shape index (κ1) is 24.4. The Morgan fingerprint density at radius 2 is 1.89 bits per heavy atom. The molecule has 5 rings (SSSR count). The summed E-state index contributed by atoms with van der Waals surface area (Å²) in [6.45, 7) is 8.46. The van der Waals surface area contributed by atoms with E-state index in [1.807, 2.05) is 56.0 Å². The van der Waals surface area contributed by atoms with Crippen molar-refractivity contribution in [1.29, 1.82) is 0 Å². The van der Waals surface area contributed by atoms with Gasteiger partial charge in [0.05, 0.1) is 18.3 Å². The second-order valence-electron chi connectivity index (χ2n) is 9.22. The van der Waals surface area contributed by atoms with Crippen LogP contribution >= 0.6 is 23.8 Å². The lowest BCUT2D eigenvalue weighted by Crippen LogP contribution is -2.72. The molecular formula is C28H28ClN3O3S. The summed E-state index contributed by atoms with van der Waals surface area (Å²) in [5, 5.41) is 7.62. The quantitative estimate of drug-likeness (QED) is 0.392. The highest BCUT2D eigenvalue weighted by Gasteiger charge is 2.59. The van der Waals surface area contributed by atoms with Crippen molar-refractivity contribution in [3.05, 3.63) is 82.4 Å². The number of nitrogens with one attached hydrogen (secondary N) is 2. The molecule has 2 heterocycles. The standard InChI is InChI=1S/C28H28ClN3O3S/c1-5-34-22-11-7-9-20-24-23(26(33)30-19-14-12-18(29)13-15-19)28(4,35-25(20)22)32(27(36)31-24)21-10-6-8-16(2)17(21)3/h6-15,23-24H,5H2,1-4H3,(H,30,33)(H,31,36). The molecule has 3 aromatic carbocycles. The fraction of sp³-hybridized carbons (Fsp3) is 0.286. The van der Waals surface area contributed by atoms with E-state index in [4.69, 9.17) is 33.3 Å². The summed E-state index contributed by atoms with van der Waals surface area (Å²) in [5.74, 6) is 0.415. The van der Waals surface area contributed by atoms with Crippen molar-refractivity contribution >= 4 is 46.2 Å². The summed E-state index contributed by atoms with van der Waals surface area (Å²) in [4.78, 5) is 15.9. The predicted molar refractivity (Wildman–Crippen MR) is 147 cm³/mol. The van der Waals surface area contributed by atoms with Crippen molar-refractivity contribution in [3.63, 3.8) is 0 Å². The van der Waals surface area contributed by atoms with Crippen LogP contribution in [0.15, 0.2) is 60.7 Å². The molecule has 1 saturated heterocycles. The second-order valence-corrected chi connectivity index (χ2v) is 10.0. The highest BCUT2D eigenvalue weighted by molar-refractivity contribution is 7.80. The number of thiocarbonyl (C=S) groups is 1. The minimum absolute atomic E-state index is 0.192. The van der Waals surface area contributed by atoms with E-state index in [2.05, 4.69) is 23.6 Å². The van der Waals surface area contributed by atoms with E-state index in [1.54, 1.807) is 24.3 Å². The first-order valence-electron chi connectivity index (χ1n) is 11.9. The maximum atomic E-state index is 14.0. The lowest BCUT2D eigenvalue weighted by molar-refractivity contribution is -0.130. The van der Waals surface area contributed by atoms with Gasteiger partial charge in [0.15, 0.2) is 22.3 Å². The number of hydrogen-bond donors (Lipinski definition) is 2. The van der Waals surface area contributed by atoms with Crippen LogP contribution in [0, 0.1) is 19.8 Å². The van der Waals surface area contributed by atoms with Gasteiger partial charge in [-0.15, -0.1) is 0 Å². The van der Waals surface area contributed by atoms with Gasteiger partial charge in [0, 0.05) is 16.3 Å². The summed E-state index contributed by atoms with van der Waals surface area (Å²) < 4.78 is 12.7. The molecule has 2 aliphatic heterocycles. The topological polar surface area (TPSA) is 62.8 Å². The van der Waals surface area contributed by atoms with E-state index in [0.717, 1.165) is 22.4 Å². The Morgan fingerprint density at radius 3 is 2.61 bits per heavy atom. The highest BCUT2D eigenvalue weighted by Crippen LogP contribution is 2.53. The largest absolute Gasteiger partial charge is 0.490 e. The fourth-order valence-corrected chi connectivity index (χ4v) is 5.67. The average Bonchev–Trinajstić information content (AvgIpc) is 2.83. The zero-order chi connectivity index (χ0) is 25.6. The Hall–Kier alpha value is -3.29. The molecule has 186 valence electrons. The van der Waals surface area contributed by atoms with Gasteiger partial charge in [-0.05, 0) is 87.4 Å². The molecule has 3 atom stereocenters. The molecule has 2 N–H and O–H groups in total. The van der Waals surface area contributed by atoms with E-state index >= 15 is 0 Å². The van der Waals surface area contributed by atoms with E-state index in [1.165, 1.54) is 0 Å². The van der Waals surface area contributed by atoms with Crippen LogP contribution in [0.25, 0.3) is 0 Å². The van der Waals surface area contributed by atoms with Gasteiger partial charge >= 0.3 is 0 Å². The lowest BCUT2D eigenvalue weighted by atomic mass is 9.78. The predicted octanol–water partition coefficient (Wildman–Crippen LogP) is 6.15. The smallest absolute Gasteiger partial charge is 0.236 e. The molecule has 36 heavy (non-hydrogen) atoms. The number of halogens is 1. The minimum Gasteiger partial charge on any atom is -0.490 e. The Bertz CT molecular complexity index is 1350. The van der Waals surface area contributed by atoms with Crippen molar-refractivity contribution in [3.8, 4) is 11.5 Å². The summed E-state index contributed by atoms with van der Waals surface area (Å²) in [6.07, 6.45) is 0. The number of carbonyl (C=O) groups excluding carboxylic acids is 1. The number of para-hydroxylation sites is 1. The van der Waals surface area contributed by atoms with E-state index in [9.17, 15) is 4.79 Å². The molecular weight excluding hydrogens is 494 g/mol. The molecule has 6 nitrogen and oxygen atoms in total. The molecule has 2 bridgehead atoms. The molecule has 0 radical (unpaired) electrons. The second kappa shape index (κ2) is 9.30. The number of rotatable bonds is 5. The van der Waals surface area contributed by atoms with Crippen LogP contribution in [-0.4, -0.2) is 23.4 Å². The van der Waals surface area contributed by atoms with E-state index in [-0.39, 0.29) is 5.91 Å². The molecule has 2 aliphatic rings. The minimum atomic E-state index is -1.14. The van der Waals surface area contributed by atoms with Gasteiger partial charge < -0.3 is 20.1 Å². The zero-order valence-corrected chi connectivity index (χ0v) is 22.2. The number of anilines is 2. The monoisotopic (exact) mass is 521 g/mol. The number of nitrogens with zero attached hydrogens (tertiary/aromatic N) is 1. The number of amides is 1. The average molecular weight is 522 g/mol. The SMILES string of the molecule is CCOc1cccc2c1OC1(C)C(C(=O)Nc3ccc(Cl)cc3)C2NC(=S)N1c1cccc(C)c1C. The van der Waals surface area contributed by atoms with Gasteiger partial charge in [0.2, 0.25) is 5.91 Å². The number of carbonyl (C=O) groups is 1. The van der Waals surface area contributed by atoms with Crippen LogP contribution < -0.4 is 25.0 Å². The van der Waals surface area contributed by atoms with Gasteiger partial charge in [-0.1, -0.05) is 35.9 Å². The van der Waals surface area contributed by atoms with Crippen molar-refractivity contribution < 1.29 is 14.3 Å². The van der Waals surface area contributed by atoms with Crippen LogP contribution in [0.3, 0.4) is 0 Å². The molecule has 3 aromatic rings. The van der Waals surface area contributed by atoms with Gasteiger partial charge in [0.25, 0.3) is 0 Å². The third-order valence-corrected chi connectivity index (χ3v) is 7.55. The van der Waals surface area contributed by atoms with Crippen LogP contribution in [0.5, 0.6) is 11.5 Å². The fourth-order valence-electron chi connectivity index (χ4n) is 5.13. The zero-order valence-electron chi connectivity index (χ0n) is 20.6. The highest BCUT2D eigenvalue weighted by atomic mass is 35.5. The Morgan fingerprint density at radius 1 is 1.17 bits per heavy atom. The van der Waals surface area contributed by atoms with Crippen LogP contribution in [0.2, 0.25) is 5.02 Å². The number of ether oxygens (including phenoxy) is 2. The summed E-state index contributed by atoms with van der Waals surface area (Å²) in [6, 6.07) is 18.4. The third kappa shape index (κ3) is 3.96. The maximum absolute atomic E-state index is 14.0. The summed E-state index contributed by atoms with van der Waals surface area (Å²) in [7, 11) is 0. The van der Waals surface area contributed by atoms with E-state index < -0.39 is 17.7 Å².